The summed E-state index contributed by atoms with van der Waals surface area (Å²) < 4.78 is 40.6. The van der Waals surface area contributed by atoms with Crippen molar-refractivity contribution in [1.29, 1.82) is 0 Å². The van der Waals surface area contributed by atoms with Crippen LogP contribution in [0.5, 0.6) is 11.5 Å². The number of halogens is 5. The lowest BCUT2D eigenvalue weighted by atomic mass is 10.0. The third kappa shape index (κ3) is 5.39. The molecule has 22 heavy (non-hydrogen) atoms. The number of benzene rings is 1. The largest absolute Gasteiger partial charge is 0.573 e. The Bertz CT molecular complexity index is 469. The normalized spacial score (nSPS) is 17.1. The molecule has 128 valence electrons. The van der Waals surface area contributed by atoms with Gasteiger partial charge in [-0.2, -0.15) is 0 Å². The number of rotatable bonds is 3. The van der Waals surface area contributed by atoms with E-state index in [9.17, 15) is 18.3 Å². The molecule has 1 heterocycles. The zero-order valence-electron chi connectivity index (χ0n) is 11.9. The van der Waals surface area contributed by atoms with Crippen LogP contribution in [0.2, 0.25) is 0 Å². The molecule has 0 aliphatic carbocycles. The van der Waals surface area contributed by atoms with Gasteiger partial charge in [0.2, 0.25) is 0 Å². The summed E-state index contributed by atoms with van der Waals surface area (Å²) in [6.45, 7) is 5.07. The van der Waals surface area contributed by atoms with Gasteiger partial charge in [0.15, 0.2) is 11.5 Å². The first-order valence-electron chi connectivity index (χ1n) is 6.41. The standard InChI is InChI=1S/C13H17F3N2O2.2ClH/c1-9(18-7-5-17-6-8-18)10-3-2-4-11(12(10)19)20-13(14,15)16;;/h2-4,9,17,19H,5-8H2,1H3;2*1H/t9-;;/m1../s1. The van der Waals surface area contributed by atoms with E-state index in [1.54, 1.807) is 6.07 Å². The third-order valence-electron chi connectivity index (χ3n) is 3.41. The van der Waals surface area contributed by atoms with E-state index in [1.807, 2.05) is 6.92 Å². The highest BCUT2D eigenvalue weighted by atomic mass is 35.5. The van der Waals surface area contributed by atoms with Gasteiger partial charge >= 0.3 is 6.36 Å². The molecule has 1 saturated heterocycles. The van der Waals surface area contributed by atoms with Gasteiger partial charge in [0.05, 0.1) is 0 Å². The fourth-order valence-electron chi connectivity index (χ4n) is 2.35. The van der Waals surface area contributed by atoms with Gasteiger partial charge in [-0.3, -0.25) is 4.90 Å². The Morgan fingerprint density at radius 3 is 2.36 bits per heavy atom. The van der Waals surface area contributed by atoms with Gasteiger partial charge in [-0.15, -0.1) is 38.0 Å². The van der Waals surface area contributed by atoms with Crippen LogP contribution in [-0.2, 0) is 0 Å². The molecule has 1 aromatic carbocycles. The minimum atomic E-state index is -4.81. The smallest absolute Gasteiger partial charge is 0.504 e. The maximum absolute atomic E-state index is 12.3. The molecule has 1 fully saturated rings. The zero-order chi connectivity index (χ0) is 14.8. The van der Waals surface area contributed by atoms with E-state index in [1.165, 1.54) is 6.07 Å². The Hall–Kier alpha value is -0.890. The van der Waals surface area contributed by atoms with Crippen molar-refractivity contribution < 1.29 is 23.0 Å². The number of piperazine rings is 1. The van der Waals surface area contributed by atoms with Gasteiger partial charge in [0.25, 0.3) is 0 Å². The van der Waals surface area contributed by atoms with Crippen molar-refractivity contribution >= 4 is 24.8 Å². The van der Waals surface area contributed by atoms with Crippen molar-refractivity contribution in [2.45, 2.75) is 19.3 Å². The quantitative estimate of drug-likeness (QED) is 0.867. The van der Waals surface area contributed by atoms with Crippen LogP contribution in [0.15, 0.2) is 18.2 Å². The first-order valence-corrected chi connectivity index (χ1v) is 6.41. The summed E-state index contributed by atoms with van der Waals surface area (Å²) in [5.74, 6) is -1.01. The number of nitrogens with zero attached hydrogens (tertiary/aromatic N) is 1. The van der Waals surface area contributed by atoms with Gasteiger partial charge in [0, 0.05) is 37.8 Å². The maximum atomic E-state index is 12.3. The monoisotopic (exact) mass is 362 g/mol. The maximum Gasteiger partial charge on any atom is 0.573 e. The van der Waals surface area contributed by atoms with Crippen LogP contribution in [0.1, 0.15) is 18.5 Å². The molecular weight excluding hydrogens is 344 g/mol. The number of aromatic hydroxyl groups is 1. The van der Waals surface area contributed by atoms with Crippen LogP contribution < -0.4 is 10.1 Å². The van der Waals surface area contributed by atoms with E-state index >= 15 is 0 Å². The van der Waals surface area contributed by atoms with Crippen molar-refractivity contribution in [2.24, 2.45) is 0 Å². The molecule has 0 spiro atoms. The second kappa shape index (κ2) is 8.67. The molecule has 4 nitrogen and oxygen atoms in total. The van der Waals surface area contributed by atoms with Gasteiger partial charge in [-0.05, 0) is 13.0 Å². The number of phenolic OH excluding ortho intramolecular Hbond substituents is 1. The van der Waals surface area contributed by atoms with Crippen LogP contribution in [0.3, 0.4) is 0 Å². The minimum absolute atomic E-state index is 0. The third-order valence-corrected chi connectivity index (χ3v) is 3.41. The molecule has 0 saturated carbocycles. The first-order chi connectivity index (χ1) is 9.38. The summed E-state index contributed by atoms with van der Waals surface area (Å²) in [5.41, 5.74) is 0.439. The Morgan fingerprint density at radius 2 is 1.82 bits per heavy atom. The van der Waals surface area contributed by atoms with Crippen molar-refractivity contribution in [3.05, 3.63) is 23.8 Å². The Labute approximate surface area is 139 Å². The van der Waals surface area contributed by atoms with Gasteiger partial charge in [-0.25, -0.2) is 0 Å². The van der Waals surface area contributed by atoms with Crippen LogP contribution in [0.25, 0.3) is 0 Å². The molecule has 0 aromatic heterocycles. The van der Waals surface area contributed by atoms with Crippen LogP contribution in [0.4, 0.5) is 13.2 Å². The van der Waals surface area contributed by atoms with Crippen molar-refractivity contribution in [3.63, 3.8) is 0 Å². The molecule has 1 atom stereocenters. The highest BCUT2D eigenvalue weighted by Gasteiger charge is 2.33. The molecule has 1 aromatic rings. The van der Waals surface area contributed by atoms with E-state index in [0.29, 0.717) is 5.56 Å². The van der Waals surface area contributed by atoms with Crippen molar-refractivity contribution in [2.75, 3.05) is 26.2 Å². The lowest BCUT2D eigenvalue weighted by Gasteiger charge is -2.33. The van der Waals surface area contributed by atoms with E-state index in [0.717, 1.165) is 32.2 Å². The summed E-state index contributed by atoms with van der Waals surface area (Å²) in [5, 5.41) is 13.2. The highest BCUT2D eigenvalue weighted by Crippen LogP contribution is 2.38. The topological polar surface area (TPSA) is 44.7 Å². The summed E-state index contributed by atoms with van der Waals surface area (Å²) in [6, 6.07) is 4.01. The van der Waals surface area contributed by atoms with E-state index < -0.39 is 17.9 Å². The number of hydrogen-bond donors (Lipinski definition) is 2. The summed E-state index contributed by atoms with van der Waals surface area (Å²) >= 11 is 0. The lowest BCUT2D eigenvalue weighted by molar-refractivity contribution is -0.275. The predicted octanol–water partition coefficient (Wildman–Crippen LogP) is 3.10. The average molecular weight is 363 g/mol. The molecular formula is C13H19Cl2F3N2O2. The number of phenols is 1. The number of alkyl halides is 3. The van der Waals surface area contributed by atoms with E-state index in [4.69, 9.17) is 0 Å². The fourth-order valence-corrected chi connectivity index (χ4v) is 2.35. The first kappa shape index (κ1) is 21.1. The molecule has 2 rings (SSSR count). The molecule has 0 bridgehead atoms. The highest BCUT2D eigenvalue weighted by molar-refractivity contribution is 5.85. The fraction of sp³-hybridized carbons (Fsp3) is 0.538. The second-order valence-corrected chi connectivity index (χ2v) is 4.70. The number of hydrogen-bond acceptors (Lipinski definition) is 4. The molecule has 0 unspecified atom stereocenters. The molecule has 1 aliphatic heterocycles. The number of para-hydroxylation sites is 1. The predicted molar refractivity (Wildman–Crippen MR) is 82.1 cm³/mol. The lowest BCUT2D eigenvalue weighted by Crippen LogP contribution is -2.44. The SMILES string of the molecule is C[C@H](c1cccc(OC(F)(F)F)c1O)N1CCNCC1.Cl.Cl. The molecule has 0 radical (unpaired) electrons. The number of nitrogens with one attached hydrogen (secondary N) is 1. The van der Waals surface area contributed by atoms with Gasteiger partial charge < -0.3 is 15.2 Å². The van der Waals surface area contributed by atoms with Crippen LogP contribution >= 0.6 is 24.8 Å². The molecule has 9 heteroatoms. The van der Waals surface area contributed by atoms with Crippen molar-refractivity contribution in [3.8, 4) is 11.5 Å². The summed E-state index contributed by atoms with van der Waals surface area (Å²) in [4.78, 5) is 2.10. The molecule has 2 N–H and O–H groups in total. The Balaban J connectivity index is 0.00000220. The second-order valence-electron chi connectivity index (χ2n) is 4.70. The van der Waals surface area contributed by atoms with Crippen molar-refractivity contribution in [1.82, 2.24) is 10.2 Å². The van der Waals surface area contributed by atoms with Gasteiger partial charge in [0.1, 0.15) is 0 Å². The van der Waals surface area contributed by atoms with Gasteiger partial charge in [-0.1, -0.05) is 12.1 Å². The van der Waals surface area contributed by atoms with E-state index in [2.05, 4.69) is 15.0 Å². The Kier molecular flexibility index (Phi) is 8.32. The minimum Gasteiger partial charge on any atom is -0.504 e. The Morgan fingerprint density at radius 1 is 1.23 bits per heavy atom. The summed E-state index contributed by atoms with van der Waals surface area (Å²) in [6.07, 6.45) is -4.81. The average Bonchev–Trinajstić information content (AvgIpc) is 2.40. The summed E-state index contributed by atoms with van der Waals surface area (Å²) in [7, 11) is 0. The molecule has 0 amide bonds. The number of ether oxygens (including phenoxy) is 1. The van der Waals surface area contributed by atoms with Crippen LogP contribution in [0, 0.1) is 0 Å². The molecule has 1 aliphatic rings. The van der Waals surface area contributed by atoms with Crippen LogP contribution in [-0.4, -0.2) is 42.5 Å². The zero-order valence-corrected chi connectivity index (χ0v) is 13.5. The van der Waals surface area contributed by atoms with E-state index in [-0.39, 0.29) is 30.9 Å².